The van der Waals surface area contributed by atoms with Gasteiger partial charge in [0.2, 0.25) is 0 Å². The molecule has 2 aromatic heterocycles. The van der Waals surface area contributed by atoms with Crippen LogP contribution >= 0.6 is 0 Å². The summed E-state index contributed by atoms with van der Waals surface area (Å²) in [5.74, 6) is 0. The molecule has 0 aliphatic heterocycles. The summed E-state index contributed by atoms with van der Waals surface area (Å²) in [7, 11) is 0. The second-order valence-electron chi connectivity index (χ2n) is 2.42. The maximum absolute atomic E-state index is 10.9. The zero-order chi connectivity index (χ0) is 8.55. The predicted molar refractivity (Wildman–Crippen MR) is 42.7 cm³/mol. The molecule has 0 aliphatic rings. The molecule has 4 heteroatoms. The molecule has 1 N–H and O–H groups in total. The number of nitriles is 1. The number of nitrogens with one attached hydrogen (secondary N) is 1. The third kappa shape index (κ3) is 0.805. The number of rotatable bonds is 0. The molecule has 0 unspecified atom stereocenters. The van der Waals surface area contributed by atoms with E-state index in [0.717, 1.165) is 0 Å². The molecule has 0 amide bonds. The molecule has 0 atom stereocenters. The Morgan fingerprint density at radius 2 is 2.42 bits per heavy atom. The first-order chi connectivity index (χ1) is 5.81. The summed E-state index contributed by atoms with van der Waals surface area (Å²) in [5.41, 5.74) is 1.00. The van der Waals surface area contributed by atoms with Gasteiger partial charge in [-0.1, -0.05) is 0 Å². The quantitative estimate of drug-likeness (QED) is 0.608. The third-order valence-corrected chi connectivity index (χ3v) is 1.67. The van der Waals surface area contributed by atoms with Gasteiger partial charge in [-0.25, -0.2) is 0 Å². The summed E-state index contributed by atoms with van der Waals surface area (Å²) in [6, 6.07) is 4.85. The highest BCUT2D eigenvalue weighted by Crippen LogP contribution is 2.04. The number of hydrogen-bond donors (Lipinski definition) is 1. The highest BCUT2D eigenvalue weighted by Gasteiger charge is 2.00. The number of aromatic nitrogens is 2. The number of H-pyrrole nitrogens is 1. The number of aromatic amines is 1. The van der Waals surface area contributed by atoms with Gasteiger partial charge in [-0.2, -0.15) is 5.26 Å². The number of fused-ring (bicyclic) bond motifs is 1. The Bertz CT molecular complexity index is 515. The summed E-state index contributed by atoms with van der Waals surface area (Å²) in [4.78, 5) is 10.9. The normalized spacial score (nSPS) is 9.92. The molecule has 0 saturated carbocycles. The van der Waals surface area contributed by atoms with E-state index in [1.807, 2.05) is 6.07 Å². The minimum Gasteiger partial charge on any atom is -0.300 e. The van der Waals surface area contributed by atoms with Crippen LogP contribution in [0, 0.1) is 11.3 Å². The molecular formula is C8H5N3O. The Balaban J connectivity index is 2.95. The largest absolute Gasteiger partial charge is 0.300 e. The van der Waals surface area contributed by atoms with Gasteiger partial charge < -0.3 is 5.10 Å². The van der Waals surface area contributed by atoms with Crippen molar-refractivity contribution < 1.29 is 0 Å². The highest BCUT2D eigenvalue weighted by molar-refractivity contribution is 5.59. The topological polar surface area (TPSA) is 61.1 Å². The zero-order valence-corrected chi connectivity index (χ0v) is 6.11. The van der Waals surface area contributed by atoms with Crippen molar-refractivity contribution in [2.24, 2.45) is 0 Å². The first kappa shape index (κ1) is 6.68. The zero-order valence-electron chi connectivity index (χ0n) is 6.11. The van der Waals surface area contributed by atoms with E-state index in [4.69, 9.17) is 5.26 Å². The Morgan fingerprint density at radius 3 is 3.17 bits per heavy atom. The second kappa shape index (κ2) is 2.24. The lowest BCUT2D eigenvalue weighted by Crippen LogP contribution is -1.98. The van der Waals surface area contributed by atoms with Crippen molar-refractivity contribution in [3.63, 3.8) is 0 Å². The molecule has 58 valence electrons. The van der Waals surface area contributed by atoms with Gasteiger partial charge in [0, 0.05) is 24.5 Å². The van der Waals surface area contributed by atoms with Gasteiger partial charge in [0.25, 0.3) is 0 Å². The van der Waals surface area contributed by atoms with Crippen molar-refractivity contribution in [1.82, 2.24) is 9.61 Å². The van der Waals surface area contributed by atoms with Gasteiger partial charge in [-0.3, -0.25) is 9.31 Å². The van der Waals surface area contributed by atoms with E-state index in [1.165, 1.54) is 12.1 Å². The van der Waals surface area contributed by atoms with E-state index >= 15 is 0 Å². The van der Waals surface area contributed by atoms with Crippen LogP contribution in [0.5, 0.6) is 0 Å². The van der Waals surface area contributed by atoms with Gasteiger partial charge in [0.1, 0.15) is 6.07 Å². The highest BCUT2D eigenvalue weighted by atomic mass is 16.1. The summed E-state index contributed by atoms with van der Waals surface area (Å²) >= 11 is 0. The molecular weight excluding hydrogens is 154 g/mol. The van der Waals surface area contributed by atoms with E-state index in [0.29, 0.717) is 11.1 Å². The van der Waals surface area contributed by atoms with Crippen molar-refractivity contribution in [2.75, 3.05) is 0 Å². The monoisotopic (exact) mass is 159 g/mol. The molecule has 2 heterocycles. The standard InChI is InChI=1S/C8H5N3O/c9-4-6-5-10-11-2-1-7(12)3-8(6)11/h1-3,5,10H. The van der Waals surface area contributed by atoms with Crippen LogP contribution in [0.1, 0.15) is 5.56 Å². The van der Waals surface area contributed by atoms with Gasteiger partial charge in [-0.15, -0.1) is 0 Å². The predicted octanol–water partition coefficient (Wildman–Crippen LogP) is 0.499. The van der Waals surface area contributed by atoms with Gasteiger partial charge >= 0.3 is 0 Å². The smallest absolute Gasteiger partial charge is 0.182 e. The van der Waals surface area contributed by atoms with Crippen LogP contribution in [0.15, 0.2) is 29.3 Å². The average molecular weight is 159 g/mol. The Kier molecular flexibility index (Phi) is 1.25. The number of hydrogen-bond acceptors (Lipinski definition) is 2. The molecule has 0 fully saturated rings. The summed E-state index contributed by atoms with van der Waals surface area (Å²) < 4.78 is 1.62. The van der Waals surface area contributed by atoms with Gasteiger partial charge in [0.15, 0.2) is 5.43 Å². The molecule has 0 bridgehead atoms. The average Bonchev–Trinajstić information content (AvgIpc) is 2.46. The van der Waals surface area contributed by atoms with Crippen LogP contribution in [-0.4, -0.2) is 9.61 Å². The minimum atomic E-state index is -0.0916. The molecule has 2 aromatic rings. The van der Waals surface area contributed by atoms with Crippen molar-refractivity contribution >= 4 is 5.52 Å². The van der Waals surface area contributed by atoms with E-state index < -0.39 is 0 Å². The van der Waals surface area contributed by atoms with Crippen LogP contribution in [0.4, 0.5) is 0 Å². The third-order valence-electron chi connectivity index (χ3n) is 1.67. The Labute approximate surface area is 67.7 Å². The first-order valence-corrected chi connectivity index (χ1v) is 3.41. The lowest BCUT2D eigenvalue weighted by molar-refractivity contribution is 0.958. The van der Waals surface area contributed by atoms with Crippen molar-refractivity contribution in [3.8, 4) is 6.07 Å². The molecule has 0 radical (unpaired) electrons. The van der Waals surface area contributed by atoms with Crippen LogP contribution in [0.25, 0.3) is 5.52 Å². The van der Waals surface area contributed by atoms with Gasteiger partial charge in [-0.05, 0) is 0 Å². The maximum Gasteiger partial charge on any atom is 0.182 e. The lowest BCUT2D eigenvalue weighted by Gasteiger charge is -1.89. The van der Waals surface area contributed by atoms with E-state index in [-0.39, 0.29) is 5.43 Å². The maximum atomic E-state index is 10.9. The Hall–Kier alpha value is -2.02. The fraction of sp³-hybridized carbons (Fsp3) is 0. The first-order valence-electron chi connectivity index (χ1n) is 3.41. The molecule has 0 spiro atoms. The molecule has 0 saturated heterocycles. The second-order valence-corrected chi connectivity index (χ2v) is 2.42. The summed E-state index contributed by atoms with van der Waals surface area (Å²) in [6.07, 6.45) is 3.16. The van der Waals surface area contributed by atoms with Crippen LogP contribution in [0.2, 0.25) is 0 Å². The fourth-order valence-corrected chi connectivity index (χ4v) is 1.10. The van der Waals surface area contributed by atoms with Gasteiger partial charge in [0.05, 0.1) is 11.1 Å². The van der Waals surface area contributed by atoms with E-state index in [1.54, 1.807) is 16.9 Å². The molecule has 2 rings (SSSR count). The molecule has 4 nitrogen and oxygen atoms in total. The lowest BCUT2D eigenvalue weighted by atomic mass is 10.3. The molecule has 0 aliphatic carbocycles. The van der Waals surface area contributed by atoms with Crippen LogP contribution in [-0.2, 0) is 0 Å². The SMILES string of the molecule is N#Cc1c[nH]n2ccc(=O)cc12. The number of nitrogens with zero attached hydrogens (tertiary/aromatic N) is 2. The summed E-state index contributed by atoms with van der Waals surface area (Å²) in [6.45, 7) is 0. The van der Waals surface area contributed by atoms with Crippen molar-refractivity contribution in [3.05, 3.63) is 40.3 Å². The van der Waals surface area contributed by atoms with Crippen molar-refractivity contribution in [2.45, 2.75) is 0 Å². The minimum absolute atomic E-state index is 0.0916. The van der Waals surface area contributed by atoms with Crippen LogP contribution < -0.4 is 5.43 Å². The van der Waals surface area contributed by atoms with Crippen molar-refractivity contribution in [1.29, 1.82) is 5.26 Å². The van der Waals surface area contributed by atoms with Crippen LogP contribution in [0.3, 0.4) is 0 Å². The Morgan fingerprint density at radius 1 is 1.58 bits per heavy atom. The number of pyridine rings is 1. The molecule has 12 heavy (non-hydrogen) atoms. The molecule has 0 aromatic carbocycles. The summed E-state index contributed by atoms with van der Waals surface area (Å²) in [5, 5.41) is 11.5. The fourth-order valence-electron chi connectivity index (χ4n) is 1.10. The van der Waals surface area contributed by atoms with E-state index in [9.17, 15) is 4.79 Å². The van der Waals surface area contributed by atoms with E-state index in [2.05, 4.69) is 5.10 Å².